The van der Waals surface area contributed by atoms with Crippen LogP contribution in [0.25, 0.3) is 0 Å². The highest BCUT2D eigenvalue weighted by molar-refractivity contribution is 9.12. The number of allylic oxidation sites excluding steroid dienone is 3. The van der Waals surface area contributed by atoms with Crippen LogP contribution in [0.15, 0.2) is 22.0 Å². The van der Waals surface area contributed by atoms with E-state index in [1.807, 2.05) is 6.26 Å². The molecule has 0 radical (unpaired) electrons. The lowest BCUT2D eigenvalue weighted by atomic mass is 10.5. The zero-order valence-electron chi connectivity index (χ0n) is 5.07. The quantitative estimate of drug-likeness (QED) is 0.607. The molecule has 0 aliphatic rings. The lowest BCUT2D eigenvalue weighted by molar-refractivity contribution is 1.66. The van der Waals surface area contributed by atoms with Gasteiger partial charge < -0.3 is 0 Å². The van der Waals surface area contributed by atoms with Crippen LogP contribution in [-0.2, 0) is 0 Å². The van der Waals surface area contributed by atoms with Crippen molar-refractivity contribution in [2.24, 2.45) is 0 Å². The van der Waals surface area contributed by atoms with Crippen molar-refractivity contribution < 1.29 is 0 Å². The summed E-state index contributed by atoms with van der Waals surface area (Å²) in [5.74, 6) is 0. The molecule has 0 heterocycles. The minimum Gasteiger partial charge on any atom is -0.133 e. The van der Waals surface area contributed by atoms with Crippen LogP contribution in [0.5, 0.6) is 0 Å². The highest BCUT2D eigenvalue weighted by Crippen LogP contribution is 2.20. The fraction of sp³-hybridized carbons (Fsp3) is 0.333. The number of halogens is 1. The molecule has 0 saturated carbocycles. The molecule has 46 valence electrons. The van der Waals surface area contributed by atoms with Gasteiger partial charge >= 0.3 is 0 Å². The fourth-order valence-corrected chi connectivity index (χ4v) is 1.01. The minimum absolute atomic E-state index is 1.09. The first-order valence-electron chi connectivity index (χ1n) is 2.25. The highest BCUT2D eigenvalue weighted by atomic mass is 79.9. The van der Waals surface area contributed by atoms with Crippen LogP contribution in [0, 0.1) is 0 Å². The second kappa shape index (κ2) is 4.21. The van der Waals surface area contributed by atoms with Crippen molar-refractivity contribution in [2.45, 2.75) is 6.92 Å². The van der Waals surface area contributed by atoms with E-state index in [9.17, 15) is 0 Å². The maximum absolute atomic E-state index is 3.61. The average Bonchev–Trinajstić information content (AvgIpc) is 1.84. The lowest BCUT2D eigenvalue weighted by Gasteiger charge is -1.93. The van der Waals surface area contributed by atoms with Gasteiger partial charge in [0.25, 0.3) is 0 Å². The van der Waals surface area contributed by atoms with Crippen LogP contribution in [-0.4, -0.2) is 6.26 Å². The molecule has 0 saturated heterocycles. The molecule has 0 unspecified atom stereocenters. The number of hydrogen-bond donors (Lipinski definition) is 0. The number of hydrogen-bond acceptors (Lipinski definition) is 1. The Balaban J connectivity index is 4.03. The van der Waals surface area contributed by atoms with Crippen molar-refractivity contribution >= 4 is 27.7 Å². The summed E-state index contributed by atoms with van der Waals surface area (Å²) < 4.78 is 1.09. The molecule has 0 N–H and O–H groups in total. The maximum Gasteiger partial charge on any atom is 0.0261 e. The van der Waals surface area contributed by atoms with Gasteiger partial charge in [0.15, 0.2) is 0 Å². The molecule has 0 aliphatic carbocycles. The Kier molecular flexibility index (Phi) is 4.38. The van der Waals surface area contributed by atoms with Gasteiger partial charge in [0, 0.05) is 4.48 Å². The first-order valence-corrected chi connectivity index (χ1v) is 4.27. The molecule has 0 aliphatic heterocycles. The third-order valence-corrected chi connectivity index (χ3v) is 2.83. The Bertz CT molecular complexity index is 116. The van der Waals surface area contributed by atoms with Gasteiger partial charge in [-0.15, -0.1) is 11.8 Å². The first kappa shape index (κ1) is 8.31. The monoisotopic (exact) mass is 192 g/mol. The van der Waals surface area contributed by atoms with Crippen molar-refractivity contribution in [3.8, 4) is 0 Å². The van der Waals surface area contributed by atoms with Gasteiger partial charge in [-0.1, -0.05) is 28.6 Å². The Morgan fingerprint density at radius 1 is 1.75 bits per heavy atom. The summed E-state index contributed by atoms with van der Waals surface area (Å²) in [5, 5.41) is 0. The Hall–Kier alpha value is 0.310. The van der Waals surface area contributed by atoms with Crippen LogP contribution in [0.1, 0.15) is 6.92 Å². The van der Waals surface area contributed by atoms with E-state index >= 15 is 0 Å². The van der Waals surface area contributed by atoms with E-state index in [0.29, 0.717) is 0 Å². The van der Waals surface area contributed by atoms with Crippen molar-refractivity contribution in [3.63, 3.8) is 0 Å². The highest BCUT2D eigenvalue weighted by Gasteiger charge is 1.88. The SMILES string of the molecule is C=C/C(Br)=C(/C)SC. The third kappa shape index (κ3) is 2.58. The summed E-state index contributed by atoms with van der Waals surface area (Å²) in [6.45, 7) is 5.66. The van der Waals surface area contributed by atoms with Gasteiger partial charge in [0.1, 0.15) is 0 Å². The maximum atomic E-state index is 3.61. The summed E-state index contributed by atoms with van der Waals surface area (Å²) in [7, 11) is 0. The zero-order chi connectivity index (χ0) is 6.57. The van der Waals surface area contributed by atoms with E-state index < -0.39 is 0 Å². The van der Waals surface area contributed by atoms with Gasteiger partial charge in [-0.3, -0.25) is 0 Å². The van der Waals surface area contributed by atoms with E-state index in [-0.39, 0.29) is 0 Å². The first-order chi connectivity index (χ1) is 3.72. The summed E-state index contributed by atoms with van der Waals surface area (Å²) in [6, 6.07) is 0. The Morgan fingerprint density at radius 2 is 2.25 bits per heavy atom. The molecule has 8 heavy (non-hydrogen) atoms. The van der Waals surface area contributed by atoms with E-state index in [2.05, 4.69) is 29.4 Å². The smallest absolute Gasteiger partial charge is 0.0261 e. The molecular weight excluding hydrogens is 184 g/mol. The van der Waals surface area contributed by atoms with Crippen LogP contribution in [0.3, 0.4) is 0 Å². The average molecular weight is 193 g/mol. The van der Waals surface area contributed by atoms with Crippen molar-refractivity contribution in [1.82, 2.24) is 0 Å². The standard InChI is InChI=1S/C6H9BrS/c1-4-6(7)5(2)8-3/h4H,1H2,2-3H3/b6-5+. The molecule has 0 aromatic rings. The van der Waals surface area contributed by atoms with Crippen LogP contribution in [0.2, 0.25) is 0 Å². The van der Waals surface area contributed by atoms with Gasteiger partial charge in [-0.25, -0.2) is 0 Å². The molecule has 0 rings (SSSR count). The third-order valence-electron chi connectivity index (χ3n) is 0.822. The normalized spacial score (nSPS) is 12.9. The molecule has 0 atom stereocenters. The Labute approximate surface area is 63.2 Å². The largest absolute Gasteiger partial charge is 0.133 e. The van der Waals surface area contributed by atoms with Crippen molar-refractivity contribution in [1.29, 1.82) is 0 Å². The molecule has 0 bridgehead atoms. The van der Waals surface area contributed by atoms with Gasteiger partial charge in [0.05, 0.1) is 0 Å². The molecule has 0 nitrogen and oxygen atoms in total. The molecule has 0 spiro atoms. The molecule has 0 aromatic heterocycles. The lowest BCUT2D eigenvalue weighted by Crippen LogP contribution is -1.66. The topological polar surface area (TPSA) is 0 Å². The summed E-state index contributed by atoms with van der Waals surface area (Å²) in [6.07, 6.45) is 3.84. The molecule has 2 heteroatoms. The predicted molar refractivity (Wildman–Crippen MR) is 45.3 cm³/mol. The van der Waals surface area contributed by atoms with Gasteiger partial charge in [-0.2, -0.15) is 0 Å². The second-order valence-corrected chi connectivity index (χ2v) is 3.19. The van der Waals surface area contributed by atoms with E-state index in [1.54, 1.807) is 17.8 Å². The van der Waals surface area contributed by atoms with Crippen LogP contribution in [0.4, 0.5) is 0 Å². The second-order valence-electron chi connectivity index (χ2n) is 1.31. The molecule has 0 amide bonds. The zero-order valence-corrected chi connectivity index (χ0v) is 7.47. The molecule has 0 aromatic carbocycles. The van der Waals surface area contributed by atoms with E-state index in [4.69, 9.17) is 0 Å². The number of rotatable bonds is 2. The van der Waals surface area contributed by atoms with Gasteiger partial charge in [0.2, 0.25) is 0 Å². The summed E-state index contributed by atoms with van der Waals surface area (Å²) in [5.41, 5.74) is 0. The number of thioether (sulfide) groups is 1. The molecular formula is C6H9BrS. The van der Waals surface area contributed by atoms with Crippen LogP contribution < -0.4 is 0 Å². The van der Waals surface area contributed by atoms with Crippen LogP contribution >= 0.6 is 27.7 Å². The fourth-order valence-electron chi connectivity index (χ4n) is 0.241. The van der Waals surface area contributed by atoms with Crippen molar-refractivity contribution in [3.05, 3.63) is 22.0 Å². The summed E-state index contributed by atoms with van der Waals surface area (Å²) in [4.78, 5) is 1.26. The Morgan fingerprint density at radius 3 is 2.38 bits per heavy atom. The van der Waals surface area contributed by atoms with Gasteiger partial charge in [-0.05, 0) is 18.1 Å². The molecule has 0 fully saturated rings. The summed E-state index contributed by atoms with van der Waals surface area (Å²) >= 11 is 5.06. The minimum atomic E-state index is 1.09. The van der Waals surface area contributed by atoms with Crippen molar-refractivity contribution in [2.75, 3.05) is 6.26 Å². The predicted octanol–water partition coefficient (Wildman–Crippen LogP) is 3.16. The van der Waals surface area contributed by atoms with E-state index in [1.165, 1.54) is 4.91 Å². The van der Waals surface area contributed by atoms with E-state index in [0.717, 1.165) is 4.48 Å².